The number of rotatable bonds is 9. The minimum absolute atomic E-state index is 0.103. The Morgan fingerprint density at radius 2 is 1.54 bits per heavy atom. The maximum absolute atomic E-state index is 14.0. The zero-order chi connectivity index (χ0) is 30.1. The Bertz CT molecular complexity index is 1650. The average molecular weight is 586 g/mol. The third-order valence-corrected chi connectivity index (χ3v) is 8.98. The Labute approximate surface area is 237 Å². The van der Waals surface area contributed by atoms with Crippen molar-refractivity contribution in [1.29, 1.82) is 0 Å². The molecule has 3 aromatic carbocycles. The molecule has 1 heterocycles. The third kappa shape index (κ3) is 6.71. The number of sulfonamides is 1. The number of carboxylic acid groups (broad SMARTS) is 1. The van der Waals surface area contributed by atoms with Crippen molar-refractivity contribution in [1.82, 2.24) is 4.31 Å². The minimum Gasteiger partial charge on any atom is -0.481 e. The molecule has 0 aliphatic rings. The van der Waals surface area contributed by atoms with E-state index in [1.165, 1.54) is 0 Å². The lowest BCUT2D eigenvalue weighted by atomic mass is 9.96. The van der Waals surface area contributed by atoms with Crippen LogP contribution in [0.25, 0.3) is 11.1 Å². The number of benzene rings is 3. The average Bonchev–Trinajstić information content (AvgIpc) is 3.37. The molecule has 0 bridgehead atoms. The first-order valence-electron chi connectivity index (χ1n) is 12.8. The van der Waals surface area contributed by atoms with Crippen LogP contribution in [0.1, 0.15) is 52.2 Å². The Kier molecular flexibility index (Phi) is 8.46. The Morgan fingerprint density at radius 3 is 2.10 bits per heavy atom. The second kappa shape index (κ2) is 11.5. The van der Waals surface area contributed by atoms with Crippen molar-refractivity contribution >= 4 is 16.0 Å². The van der Waals surface area contributed by atoms with E-state index in [1.807, 2.05) is 13.0 Å². The Morgan fingerprint density at radius 1 is 0.902 bits per heavy atom. The lowest BCUT2D eigenvalue weighted by Crippen LogP contribution is -2.31. The maximum atomic E-state index is 14.0. The summed E-state index contributed by atoms with van der Waals surface area (Å²) in [5, 5.41) is 9.34. The predicted octanol–water partition coefficient (Wildman–Crippen LogP) is 7.47. The molecule has 0 radical (unpaired) electrons. The smallest absolute Gasteiger partial charge is 0.449 e. The fourth-order valence-electron chi connectivity index (χ4n) is 4.85. The number of hydrogen-bond acceptors (Lipinski definition) is 4. The van der Waals surface area contributed by atoms with Gasteiger partial charge < -0.3 is 9.52 Å². The number of furan rings is 1. The van der Waals surface area contributed by atoms with E-state index in [9.17, 15) is 31.5 Å². The van der Waals surface area contributed by atoms with Crippen molar-refractivity contribution in [3.8, 4) is 11.1 Å². The molecule has 0 aliphatic carbocycles. The van der Waals surface area contributed by atoms with Gasteiger partial charge in [0.05, 0.1) is 17.4 Å². The van der Waals surface area contributed by atoms with Crippen LogP contribution < -0.4 is 0 Å². The SMILES string of the molecule is Cc1cc(C)c(S(=O)(=O)N(Cc2ccc(-c3cccc(C(C)C(=O)O)c3)cc2)Cc2ccc(C(F)(F)F)o2)c(C)c1. The van der Waals surface area contributed by atoms with Crippen LogP contribution in [-0.4, -0.2) is 23.8 Å². The molecule has 1 N–H and O–H groups in total. The van der Waals surface area contributed by atoms with Gasteiger partial charge in [0.25, 0.3) is 0 Å². The van der Waals surface area contributed by atoms with Gasteiger partial charge in [0.2, 0.25) is 15.8 Å². The van der Waals surface area contributed by atoms with Gasteiger partial charge in [0, 0.05) is 6.54 Å². The summed E-state index contributed by atoms with van der Waals surface area (Å²) < 4.78 is 73.5. The predicted molar refractivity (Wildman–Crippen MR) is 149 cm³/mol. The highest BCUT2D eigenvalue weighted by Crippen LogP contribution is 2.33. The van der Waals surface area contributed by atoms with E-state index < -0.39 is 40.4 Å². The van der Waals surface area contributed by atoms with Crippen molar-refractivity contribution < 1.29 is 35.9 Å². The molecule has 0 saturated carbocycles. The number of alkyl halides is 3. The number of carboxylic acids is 1. The van der Waals surface area contributed by atoms with Gasteiger partial charge in [-0.15, -0.1) is 0 Å². The van der Waals surface area contributed by atoms with E-state index in [0.29, 0.717) is 22.3 Å². The topological polar surface area (TPSA) is 87.8 Å². The van der Waals surface area contributed by atoms with Crippen molar-refractivity contribution in [3.63, 3.8) is 0 Å². The molecule has 0 saturated heterocycles. The second-order valence-corrected chi connectivity index (χ2v) is 12.0. The summed E-state index contributed by atoms with van der Waals surface area (Å²) in [4.78, 5) is 11.5. The van der Waals surface area contributed by atoms with E-state index in [-0.39, 0.29) is 17.2 Å². The number of nitrogens with zero attached hydrogens (tertiary/aromatic N) is 1. The van der Waals surface area contributed by atoms with Gasteiger partial charge in [-0.3, -0.25) is 4.79 Å². The summed E-state index contributed by atoms with van der Waals surface area (Å²) in [5.74, 6) is -2.95. The van der Waals surface area contributed by atoms with Gasteiger partial charge in [0.1, 0.15) is 5.76 Å². The molecule has 10 heteroatoms. The zero-order valence-corrected chi connectivity index (χ0v) is 23.8. The lowest BCUT2D eigenvalue weighted by Gasteiger charge is -2.24. The molecule has 0 amide bonds. The van der Waals surface area contributed by atoms with E-state index in [0.717, 1.165) is 33.1 Å². The van der Waals surface area contributed by atoms with Crippen LogP contribution in [0.2, 0.25) is 0 Å². The normalized spacial score (nSPS) is 13.0. The van der Waals surface area contributed by atoms with Crippen LogP contribution in [0.4, 0.5) is 13.2 Å². The molecule has 216 valence electrons. The van der Waals surface area contributed by atoms with E-state index >= 15 is 0 Å². The highest BCUT2D eigenvalue weighted by Gasteiger charge is 2.36. The molecule has 4 rings (SSSR count). The lowest BCUT2D eigenvalue weighted by molar-refractivity contribution is -0.153. The second-order valence-electron chi connectivity index (χ2n) is 10.1. The molecule has 41 heavy (non-hydrogen) atoms. The Balaban J connectivity index is 1.69. The highest BCUT2D eigenvalue weighted by molar-refractivity contribution is 7.89. The fourth-order valence-corrected chi connectivity index (χ4v) is 6.66. The minimum atomic E-state index is -4.69. The first-order valence-corrected chi connectivity index (χ1v) is 14.3. The molecule has 1 atom stereocenters. The van der Waals surface area contributed by atoms with Crippen molar-refractivity contribution in [2.75, 3.05) is 0 Å². The first kappa shape index (κ1) is 30.1. The largest absolute Gasteiger partial charge is 0.481 e. The summed E-state index contributed by atoms with van der Waals surface area (Å²) in [5.41, 5.74) is 4.82. The molecule has 1 aromatic heterocycles. The van der Waals surface area contributed by atoms with Gasteiger partial charge >= 0.3 is 12.1 Å². The van der Waals surface area contributed by atoms with Crippen molar-refractivity contribution in [2.24, 2.45) is 0 Å². The number of hydrogen-bond donors (Lipinski definition) is 1. The van der Waals surface area contributed by atoms with Gasteiger partial charge in [-0.1, -0.05) is 66.2 Å². The van der Waals surface area contributed by atoms with E-state index in [2.05, 4.69) is 0 Å². The fraction of sp³-hybridized carbons (Fsp3) is 0.258. The van der Waals surface area contributed by atoms with Crippen LogP contribution >= 0.6 is 0 Å². The monoisotopic (exact) mass is 585 g/mol. The number of aliphatic carboxylic acids is 1. The maximum Gasteiger partial charge on any atom is 0.449 e. The standard InChI is InChI=1S/C31H30F3NO5S/c1-19-14-20(2)29(21(3)15-19)41(38,39)35(18-27-12-13-28(40-27)31(32,33)34)17-23-8-10-24(11-9-23)26-7-5-6-25(16-26)22(4)30(36)37/h5-16,22H,17-18H2,1-4H3,(H,36,37). The Hall–Kier alpha value is -3.89. The van der Waals surface area contributed by atoms with Crippen LogP contribution in [-0.2, 0) is 34.1 Å². The molecule has 4 aromatic rings. The number of carbonyl (C=O) groups is 1. The molecule has 0 spiro atoms. The van der Waals surface area contributed by atoms with Crippen molar-refractivity contribution in [2.45, 2.75) is 57.8 Å². The highest BCUT2D eigenvalue weighted by atomic mass is 32.2. The van der Waals surface area contributed by atoms with Gasteiger partial charge in [-0.25, -0.2) is 8.42 Å². The molecule has 0 aliphatic heterocycles. The van der Waals surface area contributed by atoms with Crippen molar-refractivity contribution in [3.05, 3.63) is 112 Å². The van der Waals surface area contributed by atoms with Gasteiger partial charge in [-0.05, 0) is 73.2 Å². The van der Waals surface area contributed by atoms with Crippen LogP contribution in [0.5, 0.6) is 0 Å². The summed E-state index contributed by atoms with van der Waals surface area (Å²) in [6.45, 7) is 6.32. The van der Waals surface area contributed by atoms with Crippen LogP contribution in [0.15, 0.2) is 82.1 Å². The summed E-state index contributed by atoms with van der Waals surface area (Å²) >= 11 is 0. The summed E-state index contributed by atoms with van der Waals surface area (Å²) in [6.07, 6.45) is -4.69. The molecular formula is C31H30F3NO5S. The van der Waals surface area contributed by atoms with Gasteiger partial charge in [0.15, 0.2) is 0 Å². The zero-order valence-electron chi connectivity index (χ0n) is 23.0. The van der Waals surface area contributed by atoms with Crippen LogP contribution in [0.3, 0.4) is 0 Å². The summed E-state index contributed by atoms with van der Waals surface area (Å²) in [7, 11) is -4.15. The van der Waals surface area contributed by atoms with Crippen LogP contribution in [0, 0.1) is 20.8 Å². The summed E-state index contributed by atoms with van der Waals surface area (Å²) in [6, 6.07) is 19.7. The third-order valence-electron chi connectivity index (χ3n) is 6.88. The molecule has 6 nitrogen and oxygen atoms in total. The molecule has 1 unspecified atom stereocenters. The van der Waals surface area contributed by atoms with E-state index in [1.54, 1.807) is 75.4 Å². The van der Waals surface area contributed by atoms with Gasteiger partial charge in [-0.2, -0.15) is 17.5 Å². The first-order chi connectivity index (χ1) is 19.2. The molecular weight excluding hydrogens is 555 g/mol. The van der Waals surface area contributed by atoms with E-state index in [4.69, 9.17) is 4.42 Å². The quantitative estimate of drug-likeness (QED) is 0.220. The number of aryl methyl sites for hydroxylation is 3. The molecule has 0 fully saturated rings. The number of halogens is 3.